The molecule has 2 amide bonds. The highest BCUT2D eigenvalue weighted by Gasteiger charge is 2.59. The van der Waals surface area contributed by atoms with E-state index in [4.69, 9.17) is 16.3 Å². The van der Waals surface area contributed by atoms with Gasteiger partial charge in [-0.25, -0.2) is 9.69 Å². The second-order valence-electron chi connectivity index (χ2n) is 7.14. The van der Waals surface area contributed by atoms with Crippen LogP contribution in [-0.4, -0.2) is 41.1 Å². The van der Waals surface area contributed by atoms with Crippen molar-refractivity contribution in [1.82, 2.24) is 0 Å². The van der Waals surface area contributed by atoms with Gasteiger partial charge < -0.3 is 4.74 Å². The molecule has 0 saturated carbocycles. The Bertz CT molecular complexity index is 1180. The summed E-state index contributed by atoms with van der Waals surface area (Å²) in [5.41, 5.74) is 0.816. The summed E-state index contributed by atoms with van der Waals surface area (Å²) >= 11 is 6.18. The van der Waals surface area contributed by atoms with Gasteiger partial charge in [0.1, 0.15) is 12.0 Å². The second kappa shape index (κ2) is 8.04. The van der Waals surface area contributed by atoms with Crippen molar-refractivity contribution in [3.05, 3.63) is 63.2 Å². The number of hydrazone groups is 1. The third-order valence-corrected chi connectivity index (χ3v) is 5.75. The van der Waals surface area contributed by atoms with Crippen LogP contribution < -0.4 is 9.91 Å². The molecule has 2 unspecified atom stereocenters. The molecule has 0 bridgehead atoms. The number of halogens is 1. The van der Waals surface area contributed by atoms with Crippen molar-refractivity contribution in [3.8, 4) is 0 Å². The quantitative estimate of drug-likeness (QED) is 0.293. The Morgan fingerprint density at radius 3 is 2.50 bits per heavy atom. The summed E-state index contributed by atoms with van der Waals surface area (Å²) in [5, 5.41) is 16.8. The highest BCUT2D eigenvalue weighted by Crippen LogP contribution is 2.40. The van der Waals surface area contributed by atoms with Crippen LogP contribution >= 0.6 is 11.6 Å². The number of carbonyl (C=O) groups excluding carboxylic acids is 3. The number of amides is 2. The van der Waals surface area contributed by atoms with Crippen molar-refractivity contribution < 1.29 is 24.0 Å². The number of carbonyl (C=O) groups is 3. The van der Waals surface area contributed by atoms with Crippen molar-refractivity contribution in [1.29, 1.82) is 0 Å². The number of hydrogen-bond donors (Lipinski definition) is 0. The average Bonchev–Trinajstić information content (AvgIpc) is 3.28. The number of fused-ring (bicyclic) bond motifs is 1. The van der Waals surface area contributed by atoms with E-state index < -0.39 is 34.7 Å². The van der Waals surface area contributed by atoms with E-state index in [1.165, 1.54) is 29.3 Å². The number of nitrogens with zero attached hydrogens (tertiary/aromatic N) is 4. The smallest absolute Gasteiger partial charge is 0.355 e. The lowest BCUT2D eigenvalue weighted by molar-refractivity contribution is -0.384. The topological polar surface area (TPSA) is 122 Å². The van der Waals surface area contributed by atoms with Crippen LogP contribution in [-0.2, 0) is 19.1 Å². The molecule has 4 rings (SSSR count). The van der Waals surface area contributed by atoms with E-state index in [0.717, 1.165) is 4.90 Å². The fourth-order valence-electron chi connectivity index (χ4n) is 3.80. The number of benzene rings is 2. The van der Waals surface area contributed by atoms with Crippen LogP contribution in [0.2, 0.25) is 5.02 Å². The van der Waals surface area contributed by atoms with Gasteiger partial charge in [0, 0.05) is 17.2 Å². The Morgan fingerprint density at radius 1 is 1.19 bits per heavy atom. The van der Waals surface area contributed by atoms with Gasteiger partial charge in [0.15, 0.2) is 5.71 Å². The van der Waals surface area contributed by atoms with E-state index in [-0.39, 0.29) is 18.0 Å². The zero-order valence-electron chi connectivity index (χ0n) is 17.0. The summed E-state index contributed by atoms with van der Waals surface area (Å²) in [6.07, 6.45) is 0. The van der Waals surface area contributed by atoms with E-state index in [0.29, 0.717) is 22.0 Å². The molecule has 1 saturated heterocycles. The number of nitro benzene ring substituents is 1. The predicted molar refractivity (Wildman–Crippen MR) is 116 cm³/mol. The monoisotopic (exact) mass is 456 g/mol. The number of esters is 1. The van der Waals surface area contributed by atoms with E-state index in [1.54, 1.807) is 32.0 Å². The van der Waals surface area contributed by atoms with Crippen LogP contribution in [0.5, 0.6) is 0 Å². The molecule has 2 aliphatic rings. The van der Waals surface area contributed by atoms with E-state index in [9.17, 15) is 24.5 Å². The maximum absolute atomic E-state index is 13.4. The molecule has 0 spiro atoms. The molecule has 1 fully saturated rings. The van der Waals surface area contributed by atoms with Gasteiger partial charge in [-0.1, -0.05) is 17.7 Å². The molecule has 10 nitrogen and oxygen atoms in total. The van der Waals surface area contributed by atoms with E-state index in [2.05, 4.69) is 5.10 Å². The molecular weight excluding hydrogens is 440 g/mol. The number of nitro groups is 1. The van der Waals surface area contributed by atoms with Gasteiger partial charge in [-0.3, -0.25) is 24.7 Å². The lowest BCUT2D eigenvalue weighted by Gasteiger charge is -2.23. The maximum Gasteiger partial charge on any atom is 0.355 e. The van der Waals surface area contributed by atoms with Gasteiger partial charge in [0.25, 0.3) is 11.6 Å². The summed E-state index contributed by atoms with van der Waals surface area (Å²) in [6, 6.07) is 9.02. The number of hydrogen-bond acceptors (Lipinski definition) is 8. The van der Waals surface area contributed by atoms with Crippen molar-refractivity contribution in [2.24, 2.45) is 11.0 Å². The van der Waals surface area contributed by atoms with Crippen LogP contribution in [0.4, 0.5) is 17.1 Å². The van der Waals surface area contributed by atoms with E-state index in [1.807, 2.05) is 0 Å². The third kappa shape index (κ3) is 3.28. The number of rotatable bonds is 5. The van der Waals surface area contributed by atoms with Gasteiger partial charge in [0.2, 0.25) is 5.91 Å². The maximum atomic E-state index is 13.4. The molecule has 2 aromatic carbocycles. The number of anilines is 2. The summed E-state index contributed by atoms with van der Waals surface area (Å²) < 4.78 is 5.05. The molecule has 0 N–H and O–H groups in total. The Morgan fingerprint density at radius 2 is 1.88 bits per heavy atom. The Hall–Kier alpha value is -3.79. The zero-order valence-corrected chi connectivity index (χ0v) is 17.8. The summed E-state index contributed by atoms with van der Waals surface area (Å²) in [7, 11) is 0. The lowest BCUT2D eigenvalue weighted by atomic mass is 9.97. The Balaban J connectivity index is 1.80. The largest absolute Gasteiger partial charge is 0.461 e. The first-order valence-electron chi connectivity index (χ1n) is 9.68. The van der Waals surface area contributed by atoms with Crippen molar-refractivity contribution in [2.45, 2.75) is 19.9 Å². The first-order chi connectivity index (χ1) is 15.3. The summed E-state index contributed by atoms with van der Waals surface area (Å²) in [6.45, 7) is 3.36. The molecule has 2 heterocycles. The molecule has 2 aromatic rings. The van der Waals surface area contributed by atoms with Crippen molar-refractivity contribution in [3.63, 3.8) is 0 Å². The predicted octanol–water partition coefficient (Wildman–Crippen LogP) is 2.85. The zero-order chi connectivity index (χ0) is 23.2. The lowest BCUT2D eigenvalue weighted by Crippen LogP contribution is -2.39. The normalized spacial score (nSPS) is 19.8. The molecule has 164 valence electrons. The van der Waals surface area contributed by atoms with Crippen LogP contribution in [0.25, 0.3) is 0 Å². The molecule has 0 aliphatic carbocycles. The van der Waals surface area contributed by atoms with Crippen LogP contribution in [0.3, 0.4) is 0 Å². The first-order valence-corrected chi connectivity index (χ1v) is 10.1. The van der Waals surface area contributed by atoms with Gasteiger partial charge in [-0.2, -0.15) is 5.10 Å². The fourth-order valence-corrected chi connectivity index (χ4v) is 3.97. The van der Waals surface area contributed by atoms with Crippen molar-refractivity contribution in [2.75, 3.05) is 16.5 Å². The number of non-ortho nitro benzene ring substituents is 1. The minimum atomic E-state index is -1.19. The summed E-state index contributed by atoms with van der Waals surface area (Å²) in [5.74, 6) is -3.21. The average molecular weight is 457 g/mol. The molecule has 2 atom stereocenters. The minimum Gasteiger partial charge on any atom is -0.461 e. The van der Waals surface area contributed by atoms with Crippen LogP contribution in [0, 0.1) is 23.0 Å². The van der Waals surface area contributed by atoms with Gasteiger partial charge in [0.05, 0.1) is 22.9 Å². The molecule has 32 heavy (non-hydrogen) atoms. The number of ether oxygens (including phenoxy) is 1. The summed E-state index contributed by atoms with van der Waals surface area (Å²) in [4.78, 5) is 50.8. The molecule has 0 aromatic heterocycles. The molecule has 2 aliphatic heterocycles. The first kappa shape index (κ1) is 21.4. The molecule has 11 heteroatoms. The highest BCUT2D eigenvalue weighted by atomic mass is 35.5. The van der Waals surface area contributed by atoms with Crippen LogP contribution in [0.1, 0.15) is 12.5 Å². The highest BCUT2D eigenvalue weighted by molar-refractivity contribution is 6.47. The van der Waals surface area contributed by atoms with Gasteiger partial charge >= 0.3 is 5.97 Å². The Labute approximate surface area is 187 Å². The molecule has 0 radical (unpaired) electrons. The van der Waals surface area contributed by atoms with Gasteiger partial charge in [-0.15, -0.1) is 0 Å². The number of imide groups is 1. The fraction of sp³-hybridized carbons (Fsp3) is 0.238. The third-order valence-electron chi connectivity index (χ3n) is 5.34. The Kier molecular flexibility index (Phi) is 5.39. The second-order valence-corrected chi connectivity index (χ2v) is 7.55. The molecular formula is C21H17ClN4O6. The van der Waals surface area contributed by atoms with E-state index >= 15 is 0 Å². The standard InChI is InChI=1S/C21H17ClN4O6/c1-3-32-21(29)17-16-18(25(23-17)12-7-9-13(10-8-12)26(30)31)20(28)24(19(16)27)15-6-4-5-14(22)11(15)2/h4-10,16,18H,3H2,1-2H3. The van der Waals surface area contributed by atoms with Gasteiger partial charge in [-0.05, 0) is 43.7 Å². The minimum absolute atomic E-state index is 0.0615. The SMILES string of the molecule is CCOC(=O)C1=NN(c2ccc([N+](=O)[O-])cc2)C2C(=O)N(c3cccc(Cl)c3C)C(=O)C12. The van der Waals surface area contributed by atoms with Crippen molar-refractivity contribution >= 4 is 52.2 Å². The van der Waals surface area contributed by atoms with Crippen LogP contribution in [0.15, 0.2) is 47.6 Å².